The van der Waals surface area contributed by atoms with E-state index in [2.05, 4.69) is 55.2 Å². The van der Waals surface area contributed by atoms with Crippen LogP contribution in [0.4, 0.5) is 0 Å². The molecule has 4 nitrogen and oxygen atoms in total. The summed E-state index contributed by atoms with van der Waals surface area (Å²) in [6, 6.07) is 56.3. The summed E-state index contributed by atoms with van der Waals surface area (Å²) in [6.45, 7) is 0. The van der Waals surface area contributed by atoms with E-state index in [1.807, 2.05) is 127 Å². The number of aromatic nitrogens is 4. The Morgan fingerprint density at radius 3 is 1.57 bits per heavy atom. The van der Waals surface area contributed by atoms with E-state index in [0.717, 1.165) is 50.5 Å². The van der Waals surface area contributed by atoms with Crippen LogP contribution in [0, 0.1) is 24.3 Å². The quantitative estimate of drug-likeness (QED) is 0.131. The van der Waals surface area contributed by atoms with Gasteiger partial charge in [-0.15, -0.1) is 60.2 Å². The number of rotatable bonds is 4. The predicted molar refractivity (Wildman–Crippen MR) is 182 cm³/mol. The molecule has 0 atom stereocenters. The van der Waals surface area contributed by atoms with Crippen molar-refractivity contribution in [1.82, 2.24) is 19.9 Å². The summed E-state index contributed by atoms with van der Waals surface area (Å²) in [5, 5.41) is 1.16. The largest absolute Gasteiger partial charge is 0.295 e. The number of pyridine rings is 4. The second kappa shape index (κ2) is 18.9. The van der Waals surface area contributed by atoms with Crippen molar-refractivity contribution in [1.29, 1.82) is 0 Å². The molecule has 0 bridgehead atoms. The zero-order valence-corrected chi connectivity index (χ0v) is 31.1. The van der Waals surface area contributed by atoms with Gasteiger partial charge in [-0.05, 0) is 36.0 Å². The van der Waals surface area contributed by atoms with Crippen molar-refractivity contribution in [2.45, 2.75) is 0 Å². The molecule has 0 fully saturated rings. The van der Waals surface area contributed by atoms with Crippen LogP contribution in [-0.2, 0) is 42.1 Å². The van der Waals surface area contributed by atoms with E-state index in [9.17, 15) is 0 Å². The first kappa shape index (κ1) is 35.7. The first-order valence-electron chi connectivity index (χ1n) is 14.3. The molecule has 7 heteroatoms. The summed E-state index contributed by atoms with van der Waals surface area (Å²) in [5.74, 6) is 0. The predicted octanol–water partition coefficient (Wildman–Crippen LogP) is 8.71. The fourth-order valence-corrected chi connectivity index (χ4v) is 5.85. The van der Waals surface area contributed by atoms with Crippen LogP contribution in [-0.4, -0.2) is 34.4 Å². The van der Waals surface area contributed by atoms with E-state index < -0.39 is 0 Å². The van der Waals surface area contributed by atoms with Crippen LogP contribution >= 0.6 is 0 Å². The Hall–Kier alpha value is -4.10. The van der Waals surface area contributed by atoms with Crippen LogP contribution in [0.2, 0.25) is 0 Å². The van der Waals surface area contributed by atoms with E-state index in [1.54, 1.807) is 18.6 Å². The molecule has 5 aromatic heterocycles. The summed E-state index contributed by atoms with van der Waals surface area (Å²) in [7, 11) is 0. The third-order valence-electron chi connectivity index (χ3n) is 6.55. The summed E-state index contributed by atoms with van der Waals surface area (Å²) in [4.78, 5) is 19.7. The Balaban J connectivity index is 0.000000164. The minimum Gasteiger partial charge on any atom is -0.295 e. The number of benzene rings is 3. The Kier molecular flexibility index (Phi) is 14.4. The summed E-state index contributed by atoms with van der Waals surface area (Å²) in [5.41, 5.74) is 7.50. The molecule has 0 radical (unpaired) electrons. The van der Waals surface area contributed by atoms with Crippen LogP contribution < -0.4 is 0 Å². The third kappa shape index (κ3) is 10.2. The second-order valence-corrected chi connectivity index (χ2v) is 11.5. The van der Waals surface area contributed by atoms with Gasteiger partial charge in [0.25, 0.3) is 0 Å². The molecule has 3 aromatic carbocycles. The van der Waals surface area contributed by atoms with Crippen molar-refractivity contribution in [3.8, 4) is 45.2 Å². The van der Waals surface area contributed by atoms with Gasteiger partial charge in [0.15, 0.2) is 0 Å². The van der Waals surface area contributed by atoms with Crippen LogP contribution in [0.15, 0.2) is 157 Å². The fourth-order valence-electron chi connectivity index (χ4n) is 4.39. The Labute approximate surface area is 310 Å². The van der Waals surface area contributed by atoms with Crippen molar-refractivity contribution in [2.75, 3.05) is 0 Å². The molecule has 0 aliphatic rings. The van der Waals surface area contributed by atoms with Gasteiger partial charge in [-0.3, -0.25) is 19.9 Å². The number of hydrogen-bond acceptors (Lipinski definition) is 4. The SMILES string of the molecule is [Pt+2].[Pt+2].[c-]1c(-c2ccccn2)cccc1-c1ccccn1.[c-]1cccc2[se]c[c-]c12.[c-]1ccccc1-c1cccc(-c2ccccn2)n1. The Morgan fingerprint density at radius 1 is 0.426 bits per heavy atom. The molecule has 0 saturated heterocycles. The molecule has 232 valence electrons. The zero-order chi connectivity index (χ0) is 30.5. The van der Waals surface area contributed by atoms with Gasteiger partial charge in [-0.1, -0.05) is 53.6 Å². The minimum absolute atomic E-state index is 0. The molecule has 0 spiro atoms. The summed E-state index contributed by atoms with van der Waals surface area (Å²) in [6.07, 6.45) is 5.35. The smallest absolute Gasteiger partial charge is 0.0876 e. The van der Waals surface area contributed by atoms with Crippen molar-refractivity contribution in [2.24, 2.45) is 0 Å². The second-order valence-electron chi connectivity index (χ2n) is 9.60. The zero-order valence-electron chi connectivity index (χ0n) is 24.8. The molecule has 8 rings (SSSR count). The van der Waals surface area contributed by atoms with Crippen molar-refractivity contribution in [3.05, 3.63) is 181 Å². The normalized spacial score (nSPS) is 9.79. The molecular formula is C40H26N4Pt2Se. The standard InChI is InChI=1S/2C16H11N2.C8H4Se.2Pt/c1-3-10-17-15(8-1)13-6-5-7-14(12-13)16-9-2-4-11-18-16;1-2-7-13(8-3-1)14-10-6-11-16(18-14)15-9-4-5-12-17-15;1-2-4-8-7(3-1)5-6-9-8;;/h1-11H;1-7,9-12H;1-2,4,6H;;/q2*-1;-2;2*+2. The number of fused-ring (bicyclic) bond motifs is 1. The molecule has 0 N–H and O–H groups in total. The van der Waals surface area contributed by atoms with Crippen LogP contribution in [0.25, 0.3) is 54.8 Å². The Morgan fingerprint density at radius 2 is 0.979 bits per heavy atom. The van der Waals surface area contributed by atoms with Crippen LogP contribution in [0.1, 0.15) is 0 Å². The van der Waals surface area contributed by atoms with Gasteiger partial charge < -0.3 is 0 Å². The van der Waals surface area contributed by atoms with Crippen molar-refractivity contribution >= 4 is 24.1 Å². The molecule has 0 saturated carbocycles. The van der Waals surface area contributed by atoms with Gasteiger partial charge in [0, 0.05) is 30.0 Å². The fraction of sp³-hybridized carbons (Fsp3) is 0. The van der Waals surface area contributed by atoms with E-state index in [4.69, 9.17) is 0 Å². The van der Waals surface area contributed by atoms with Gasteiger partial charge in [0.1, 0.15) is 0 Å². The van der Waals surface area contributed by atoms with E-state index >= 15 is 0 Å². The molecule has 0 aliphatic heterocycles. The first-order valence-corrected chi connectivity index (χ1v) is 16.1. The monoisotopic (exact) mass is 1030 g/mol. The summed E-state index contributed by atoms with van der Waals surface area (Å²) >= 11 is 0.535. The van der Waals surface area contributed by atoms with Crippen molar-refractivity contribution in [3.63, 3.8) is 0 Å². The molecule has 5 heterocycles. The Bertz CT molecular complexity index is 1800. The van der Waals surface area contributed by atoms with Gasteiger partial charge in [0.2, 0.25) is 0 Å². The average Bonchev–Trinajstić information content (AvgIpc) is 3.63. The van der Waals surface area contributed by atoms with Crippen LogP contribution in [0.5, 0.6) is 0 Å². The van der Waals surface area contributed by atoms with Gasteiger partial charge in [0.05, 0.1) is 11.4 Å². The minimum atomic E-state index is 0. The van der Waals surface area contributed by atoms with Gasteiger partial charge >= 0.3 is 102 Å². The molecule has 0 amide bonds. The molecule has 0 aliphatic carbocycles. The maximum absolute atomic E-state index is 4.62. The van der Waals surface area contributed by atoms with Gasteiger partial charge in [-0.2, -0.15) is 0 Å². The van der Waals surface area contributed by atoms with E-state index in [0.29, 0.717) is 14.5 Å². The molecule has 47 heavy (non-hydrogen) atoms. The van der Waals surface area contributed by atoms with E-state index in [-0.39, 0.29) is 42.1 Å². The summed E-state index contributed by atoms with van der Waals surface area (Å²) < 4.78 is 1.41. The topological polar surface area (TPSA) is 51.6 Å². The van der Waals surface area contributed by atoms with Crippen molar-refractivity contribution < 1.29 is 42.1 Å². The molecule has 0 unspecified atom stereocenters. The third-order valence-corrected chi connectivity index (χ3v) is 8.29. The van der Waals surface area contributed by atoms with Crippen LogP contribution in [0.3, 0.4) is 0 Å². The molecule has 8 aromatic rings. The van der Waals surface area contributed by atoms with Gasteiger partial charge in [-0.25, -0.2) is 0 Å². The molecular weight excluding hydrogens is 1010 g/mol. The maximum atomic E-state index is 4.62. The van der Waals surface area contributed by atoms with E-state index in [1.165, 1.54) is 4.26 Å². The number of nitrogens with zero attached hydrogens (tertiary/aromatic N) is 4. The maximum Gasteiger partial charge on any atom is 0.0876 e. The number of hydrogen-bond donors (Lipinski definition) is 0. The first-order chi connectivity index (χ1) is 22.3. The average molecular weight is 1030 g/mol.